The van der Waals surface area contributed by atoms with Gasteiger partial charge in [0.1, 0.15) is 6.33 Å². The molecule has 8 nitrogen and oxygen atoms in total. The van der Waals surface area contributed by atoms with Crippen molar-refractivity contribution < 1.29 is 23.1 Å². The number of hydrogen-bond donors (Lipinski definition) is 1. The zero-order valence-corrected chi connectivity index (χ0v) is 22.7. The number of rotatable bonds is 12. The molecule has 1 aliphatic carbocycles. The van der Waals surface area contributed by atoms with Crippen LogP contribution >= 0.6 is 0 Å². The third kappa shape index (κ3) is 7.11. The fourth-order valence-electron chi connectivity index (χ4n) is 5.20. The molecule has 0 bridgehead atoms. The summed E-state index contributed by atoms with van der Waals surface area (Å²) in [4.78, 5) is 22.7. The molecule has 0 radical (unpaired) electrons. The van der Waals surface area contributed by atoms with Gasteiger partial charge in [0, 0.05) is 50.9 Å². The molecule has 1 aromatic heterocycles. The van der Waals surface area contributed by atoms with Gasteiger partial charge in [0.05, 0.1) is 6.57 Å². The van der Waals surface area contributed by atoms with Gasteiger partial charge in [-0.05, 0) is 79.5 Å². The Morgan fingerprint density at radius 2 is 1.85 bits per heavy atom. The predicted octanol–water partition coefficient (Wildman–Crippen LogP) is 6.16. The highest BCUT2D eigenvalue weighted by Crippen LogP contribution is 2.35. The standard InChI is InChI=1S/C29H33F3N6O2/c1-4-37(11-6-5-10-27(39)40)26-15-22-9-7-8-21(22)14-23(26)18-38(28-34-19-36(3)35-28)17-20-12-24(29(30,31)32)16-25(13-20)33-2/h12-16,19H,4-11,17-18H2,1,3H3,(H,39,40). The summed E-state index contributed by atoms with van der Waals surface area (Å²) >= 11 is 0. The average molecular weight is 555 g/mol. The van der Waals surface area contributed by atoms with Crippen LogP contribution in [0.25, 0.3) is 4.85 Å². The smallest absolute Gasteiger partial charge is 0.415 e. The molecular formula is C29H33F3N6O2. The molecule has 0 aliphatic heterocycles. The van der Waals surface area contributed by atoms with E-state index in [0.29, 0.717) is 31.0 Å². The Hall–Kier alpha value is -4.07. The Labute approximate surface area is 231 Å². The second-order valence-corrected chi connectivity index (χ2v) is 10.1. The largest absolute Gasteiger partial charge is 0.481 e. The van der Waals surface area contributed by atoms with E-state index < -0.39 is 17.7 Å². The summed E-state index contributed by atoms with van der Waals surface area (Å²) in [5.41, 5.74) is 4.01. The van der Waals surface area contributed by atoms with Crippen LogP contribution in [-0.4, -0.2) is 38.9 Å². The van der Waals surface area contributed by atoms with Gasteiger partial charge in [0.25, 0.3) is 0 Å². The molecule has 1 N–H and O–H groups in total. The molecule has 11 heteroatoms. The lowest BCUT2D eigenvalue weighted by Gasteiger charge is -2.30. The number of aryl methyl sites for hydroxylation is 3. The Kier molecular flexibility index (Phi) is 8.97. The number of aromatic nitrogens is 3. The van der Waals surface area contributed by atoms with Crippen LogP contribution in [0.4, 0.5) is 30.5 Å². The molecule has 4 rings (SSSR count). The Bertz CT molecular complexity index is 1400. The molecule has 0 saturated carbocycles. The lowest BCUT2D eigenvalue weighted by atomic mass is 10.0. The summed E-state index contributed by atoms with van der Waals surface area (Å²) in [6, 6.07) is 7.81. The summed E-state index contributed by atoms with van der Waals surface area (Å²) < 4.78 is 42.3. The number of carbonyl (C=O) groups is 1. The van der Waals surface area contributed by atoms with Crippen LogP contribution < -0.4 is 9.80 Å². The molecule has 3 aromatic rings. The van der Waals surface area contributed by atoms with Crippen LogP contribution in [0.3, 0.4) is 0 Å². The quantitative estimate of drug-likeness (QED) is 0.213. The molecule has 212 valence electrons. The first kappa shape index (κ1) is 28.9. The van der Waals surface area contributed by atoms with E-state index >= 15 is 0 Å². The summed E-state index contributed by atoms with van der Waals surface area (Å²) in [6.45, 7) is 11.2. The molecule has 1 aliphatic rings. The summed E-state index contributed by atoms with van der Waals surface area (Å²) in [6.07, 6.45) is 1.43. The highest BCUT2D eigenvalue weighted by atomic mass is 19.4. The van der Waals surface area contributed by atoms with Crippen molar-refractivity contribution in [3.8, 4) is 0 Å². The van der Waals surface area contributed by atoms with Gasteiger partial charge < -0.3 is 14.9 Å². The third-order valence-corrected chi connectivity index (χ3v) is 7.12. The monoisotopic (exact) mass is 554 g/mol. The number of anilines is 2. The van der Waals surface area contributed by atoms with Gasteiger partial charge in [-0.3, -0.25) is 9.48 Å². The minimum atomic E-state index is -4.57. The highest BCUT2D eigenvalue weighted by Gasteiger charge is 2.31. The topological polar surface area (TPSA) is 78.9 Å². The predicted molar refractivity (Wildman–Crippen MR) is 146 cm³/mol. The normalized spacial score (nSPS) is 12.7. The minimum absolute atomic E-state index is 0.0736. The Balaban J connectivity index is 1.70. The molecule has 0 fully saturated rings. The minimum Gasteiger partial charge on any atom is -0.481 e. The van der Waals surface area contributed by atoms with E-state index in [1.54, 1.807) is 18.1 Å². The maximum atomic E-state index is 13.6. The van der Waals surface area contributed by atoms with E-state index in [2.05, 4.69) is 38.9 Å². The van der Waals surface area contributed by atoms with Crippen molar-refractivity contribution in [3.63, 3.8) is 0 Å². The first-order valence-electron chi connectivity index (χ1n) is 13.4. The maximum Gasteiger partial charge on any atom is 0.415 e. The summed E-state index contributed by atoms with van der Waals surface area (Å²) in [7, 11) is 1.73. The number of fused-ring (bicyclic) bond motifs is 1. The first-order chi connectivity index (χ1) is 19.1. The molecule has 0 amide bonds. The van der Waals surface area contributed by atoms with Crippen molar-refractivity contribution in [1.29, 1.82) is 0 Å². The van der Waals surface area contributed by atoms with Gasteiger partial charge in [0.15, 0.2) is 5.69 Å². The molecule has 0 atom stereocenters. The number of carboxylic acids is 1. The van der Waals surface area contributed by atoms with Crippen molar-refractivity contribution in [2.45, 2.75) is 64.7 Å². The fraction of sp³-hybridized carbons (Fsp3) is 0.448. The lowest BCUT2D eigenvalue weighted by Crippen LogP contribution is -2.29. The van der Waals surface area contributed by atoms with Gasteiger partial charge >= 0.3 is 12.1 Å². The average Bonchev–Trinajstić information content (AvgIpc) is 3.55. The van der Waals surface area contributed by atoms with E-state index in [-0.39, 0.29) is 18.7 Å². The number of alkyl halides is 3. The zero-order valence-electron chi connectivity index (χ0n) is 22.7. The second-order valence-electron chi connectivity index (χ2n) is 10.1. The molecule has 0 spiro atoms. The van der Waals surface area contributed by atoms with Crippen LogP contribution in [0, 0.1) is 6.57 Å². The summed E-state index contributed by atoms with van der Waals surface area (Å²) in [5.74, 6) is -0.434. The van der Waals surface area contributed by atoms with E-state index in [4.69, 9.17) is 11.7 Å². The SMILES string of the molecule is [C-]#[N+]c1cc(CN(Cc2cc3c(cc2N(CC)CCCCC(=O)O)CCC3)c2ncn(C)n2)cc(C(F)(F)F)c1. The van der Waals surface area contributed by atoms with Gasteiger partial charge in [-0.1, -0.05) is 12.1 Å². The molecular weight excluding hydrogens is 521 g/mol. The van der Waals surface area contributed by atoms with Gasteiger partial charge in [0.2, 0.25) is 5.95 Å². The fourth-order valence-corrected chi connectivity index (χ4v) is 5.20. The van der Waals surface area contributed by atoms with E-state index in [0.717, 1.165) is 55.6 Å². The van der Waals surface area contributed by atoms with E-state index in [1.165, 1.54) is 17.2 Å². The third-order valence-electron chi connectivity index (χ3n) is 7.12. The number of halogens is 3. The number of benzene rings is 2. The molecule has 0 saturated heterocycles. The van der Waals surface area contributed by atoms with Crippen LogP contribution in [-0.2, 0) is 43.9 Å². The number of unbranched alkanes of at least 4 members (excludes halogenated alkanes) is 1. The van der Waals surface area contributed by atoms with Crippen LogP contribution in [0.2, 0.25) is 0 Å². The van der Waals surface area contributed by atoms with Crippen molar-refractivity contribution in [2.24, 2.45) is 7.05 Å². The number of nitrogens with zero attached hydrogens (tertiary/aromatic N) is 6. The molecule has 2 aromatic carbocycles. The van der Waals surface area contributed by atoms with E-state index in [9.17, 15) is 18.0 Å². The van der Waals surface area contributed by atoms with Gasteiger partial charge in [-0.15, -0.1) is 5.10 Å². The summed E-state index contributed by atoms with van der Waals surface area (Å²) in [5, 5.41) is 13.5. The van der Waals surface area contributed by atoms with Crippen molar-refractivity contribution in [1.82, 2.24) is 14.8 Å². The number of aliphatic carboxylic acids is 1. The van der Waals surface area contributed by atoms with Crippen LogP contribution in [0.15, 0.2) is 36.7 Å². The van der Waals surface area contributed by atoms with Crippen LogP contribution in [0.5, 0.6) is 0 Å². The highest BCUT2D eigenvalue weighted by molar-refractivity contribution is 5.66. The van der Waals surface area contributed by atoms with Gasteiger partial charge in [-0.25, -0.2) is 9.83 Å². The Morgan fingerprint density at radius 3 is 2.48 bits per heavy atom. The first-order valence-corrected chi connectivity index (χ1v) is 13.4. The lowest BCUT2D eigenvalue weighted by molar-refractivity contribution is -0.138. The van der Waals surface area contributed by atoms with Crippen molar-refractivity contribution in [2.75, 3.05) is 22.9 Å². The number of hydrogen-bond acceptors (Lipinski definition) is 5. The van der Waals surface area contributed by atoms with E-state index in [1.807, 2.05) is 4.90 Å². The Morgan fingerprint density at radius 1 is 1.10 bits per heavy atom. The molecule has 0 unspecified atom stereocenters. The van der Waals surface area contributed by atoms with Crippen LogP contribution in [0.1, 0.15) is 60.4 Å². The van der Waals surface area contributed by atoms with Crippen molar-refractivity contribution in [3.05, 3.63) is 75.9 Å². The maximum absolute atomic E-state index is 13.6. The van der Waals surface area contributed by atoms with Crippen molar-refractivity contribution >= 4 is 23.3 Å². The second kappa shape index (κ2) is 12.4. The number of carboxylic acid groups (broad SMARTS) is 1. The van der Waals surface area contributed by atoms with Gasteiger partial charge in [-0.2, -0.15) is 13.2 Å². The molecule has 1 heterocycles. The zero-order chi connectivity index (χ0) is 28.9. The molecule has 40 heavy (non-hydrogen) atoms.